The molecule has 3 rings (SSSR count). The summed E-state index contributed by atoms with van der Waals surface area (Å²) in [5, 5.41) is 3.11. The normalized spacial score (nSPS) is 14.9. The number of nitrogens with zero attached hydrogens (tertiary/aromatic N) is 3. The van der Waals surface area contributed by atoms with E-state index in [1.807, 2.05) is 43.0 Å². The molecule has 0 spiro atoms. The first-order valence-electron chi connectivity index (χ1n) is 7.77. The van der Waals surface area contributed by atoms with E-state index < -0.39 is 0 Å². The summed E-state index contributed by atoms with van der Waals surface area (Å²) in [5.41, 5.74) is 2.10. The van der Waals surface area contributed by atoms with Gasteiger partial charge in [-0.2, -0.15) is 0 Å². The number of para-hydroxylation sites is 1. The molecule has 0 saturated carbocycles. The van der Waals surface area contributed by atoms with Gasteiger partial charge in [0, 0.05) is 31.6 Å². The van der Waals surface area contributed by atoms with Gasteiger partial charge in [-0.1, -0.05) is 18.2 Å². The second-order valence-corrected chi connectivity index (χ2v) is 6.53. The second-order valence-electron chi connectivity index (χ2n) is 5.69. The van der Waals surface area contributed by atoms with E-state index in [-0.39, 0.29) is 12.5 Å². The molecule has 1 aromatic carbocycles. The first kappa shape index (κ1) is 15.8. The number of piperazine rings is 1. The van der Waals surface area contributed by atoms with Crippen molar-refractivity contribution in [2.75, 3.05) is 37.7 Å². The Morgan fingerprint density at radius 2 is 1.96 bits per heavy atom. The number of aryl methyl sites for hydroxylation is 2. The van der Waals surface area contributed by atoms with Gasteiger partial charge >= 0.3 is 0 Å². The summed E-state index contributed by atoms with van der Waals surface area (Å²) >= 11 is 1.66. The highest BCUT2D eigenvalue weighted by atomic mass is 32.1. The lowest BCUT2D eigenvalue weighted by Crippen LogP contribution is -2.50. The highest BCUT2D eigenvalue weighted by Gasteiger charge is 2.23. The van der Waals surface area contributed by atoms with Crippen LogP contribution in [0.3, 0.4) is 0 Å². The van der Waals surface area contributed by atoms with Crippen LogP contribution in [-0.2, 0) is 4.79 Å². The van der Waals surface area contributed by atoms with Crippen LogP contribution in [0.15, 0.2) is 29.6 Å². The summed E-state index contributed by atoms with van der Waals surface area (Å²) in [6.07, 6.45) is 0. The van der Waals surface area contributed by atoms with Crippen molar-refractivity contribution < 1.29 is 9.53 Å². The van der Waals surface area contributed by atoms with E-state index in [0.29, 0.717) is 13.1 Å². The molecule has 1 aliphatic rings. The van der Waals surface area contributed by atoms with E-state index >= 15 is 0 Å². The maximum absolute atomic E-state index is 12.3. The van der Waals surface area contributed by atoms with Gasteiger partial charge in [-0.25, -0.2) is 4.98 Å². The van der Waals surface area contributed by atoms with Gasteiger partial charge in [0.05, 0.1) is 5.69 Å². The van der Waals surface area contributed by atoms with Crippen LogP contribution in [0.4, 0.5) is 5.13 Å². The van der Waals surface area contributed by atoms with Crippen LogP contribution in [0.1, 0.15) is 11.3 Å². The van der Waals surface area contributed by atoms with E-state index in [0.717, 1.165) is 35.2 Å². The molecule has 0 atom stereocenters. The number of carbonyl (C=O) groups excluding carboxylic acids is 1. The Kier molecular flexibility index (Phi) is 4.81. The van der Waals surface area contributed by atoms with Crippen molar-refractivity contribution in [2.45, 2.75) is 13.8 Å². The van der Waals surface area contributed by atoms with Crippen LogP contribution in [0.5, 0.6) is 5.75 Å². The molecule has 6 heteroatoms. The molecule has 1 amide bonds. The van der Waals surface area contributed by atoms with Gasteiger partial charge < -0.3 is 14.5 Å². The topological polar surface area (TPSA) is 45.7 Å². The highest BCUT2D eigenvalue weighted by Crippen LogP contribution is 2.21. The number of amides is 1. The van der Waals surface area contributed by atoms with E-state index in [2.05, 4.69) is 15.3 Å². The van der Waals surface area contributed by atoms with Gasteiger partial charge in [0.15, 0.2) is 11.7 Å². The molecule has 122 valence electrons. The van der Waals surface area contributed by atoms with Crippen molar-refractivity contribution >= 4 is 22.4 Å². The minimum atomic E-state index is 0.0447. The maximum atomic E-state index is 12.3. The standard InChI is InChI=1S/C17H21N3O2S/c1-13-5-3-4-6-15(13)22-11-16(21)19-7-9-20(10-8-19)17-18-14(2)12-23-17/h3-6,12H,7-11H2,1-2H3. The lowest BCUT2D eigenvalue weighted by Gasteiger charge is -2.34. The van der Waals surface area contributed by atoms with Crippen molar-refractivity contribution in [1.29, 1.82) is 0 Å². The fraction of sp³-hybridized carbons (Fsp3) is 0.412. The first-order valence-corrected chi connectivity index (χ1v) is 8.65. The van der Waals surface area contributed by atoms with Gasteiger partial charge in [-0.05, 0) is 25.5 Å². The smallest absolute Gasteiger partial charge is 0.260 e. The van der Waals surface area contributed by atoms with Crippen LogP contribution >= 0.6 is 11.3 Å². The predicted molar refractivity (Wildman–Crippen MR) is 92.3 cm³/mol. The minimum Gasteiger partial charge on any atom is -0.484 e. The van der Waals surface area contributed by atoms with Crippen molar-refractivity contribution in [3.63, 3.8) is 0 Å². The number of thiazole rings is 1. The third-order valence-electron chi connectivity index (χ3n) is 3.95. The monoisotopic (exact) mass is 331 g/mol. The van der Waals surface area contributed by atoms with E-state index in [9.17, 15) is 4.79 Å². The summed E-state index contributed by atoms with van der Waals surface area (Å²) in [6.45, 7) is 7.16. The van der Waals surface area contributed by atoms with Crippen molar-refractivity contribution in [3.8, 4) is 5.75 Å². The average Bonchev–Trinajstić information content (AvgIpc) is 3.00. The summed E-state index contributed by atoms with van der Waals surface area (Å²) in [5.74, 6) is 0.820. The van der Waals surface area contributed by atoms with Crippen LogP contribution in [0.25, 0.3) is 0 Å². The Bertz CT molecular complexity index is 678. The molecule has 1 aliphatic heterocycles. The highest BCUT2D eigenvalue weighted by molar-refractivity contribution is 7.13. The lowest BCUT2D eigenvalue weighted by molar-refractivity contribution is -0.133. The molecule has 0 bridgehead atoms. The fourth-order valence-electron chi connectivity index (χ4n) is 2.58. The van der Waals surface area contributed by atoms with Gasteiger partial charge in [0.1, 0.15) is 5.75 Å². The molecule has 5 nitrogen and oxygen atoms in total. The van der Waals surface area contributed by atoms with Crippen LogP contribution in [-0.4, -0.2) is 48.6 Å². The van der Waals surface area contributed by atoms with Crippen molar-refractivity contribution in [3.05, 3.63) is 40.9 Å². The van der Waals surface area contributed by atoms with Crippen molar-refractivity contribution in [2.24, 2.45) is 0 Å². The third kappa shape index (κ3) is 3.82. The molecule has 2 aromatic rings. The Hall–Kier alpha value is -2.08. The average molecular weight is 331 g/mol. The zero-order chi connectivity index (χ0) is 16.2. The maximum Gasteiger partial charge on any atom is 0.260 e. The molecular weight excluding hydrogens is 310 g/mol. The Labute approximate surface area is 140 Å². The van der Waals surface area contributed by atoms with Gasteiger partial charge in [-0.3, -0.25) is 4.79 Å². The zero-order valence-corrected chi connectivity index (χ0v) is 14.3. The van der Waals surface area contributed by atoms with Crippen LogP contribution < -0.4 is 9.64 Å². The largest absolute Gasteiger partial charge is 0.484 e. The van der Waals surface area contributed by atoms with Gasteiger partial charge in [0.25, 0.3) is 5.91 Å². The Morgan fingerprint density at radius 1 is 1.22 bits per heavy atom. The second kappa shape index (κ2) is 7.00. The van der Waals surface area contributed by atoms with E-state index in [4.69, 9.17) is 4.74 Å². The number of aromatic nitrogens is 1. The lowest BCUT2D eigenvalue weighted by atomic mass is 10.2. The van der Waals surface area contributed by atoms with E-state index in [1.54, 1.807) is 11.3 Å². The molecule has 0 N–H and O–H groups in total. The van der Waals surface area contributed by atoms with Crippen LogP contribution in [0.2, 0.25) is 0 Å². The fourth-order valence-corrected chi connectivity index (χ4v) is 3.44. The van der Waals surface area contributed by atoms with Crippen molar-refractivity contribution in [1.82, 2.24) is 9.88 Å². The molecule has 0 aliphatic carbocycles. The first-order chi connectivity index (χ1) is 11.1. The summed E-state index contributed by atoms with van der Waals surface area (Å²) in [6, 6.07) is 7.76. The Balaban J connectivity index is 1.49. The van der Waals surface area contributed by atoms with Gasteiger partial charge in [0.2, 0.25) is 0 Å². The summed E-state index contributed by atoms with van der Waals surface area (Å²) in [7, 11) is 0. The molecule has 1 aromatic heterocycles. The molecular formula is C17H21N3O2S. The predicted octanol–water partition coefficient (Wildman–Crippen LogP) is 2.49. The van der Waals surface area contributed by atoms with Gasteiger partial charge in [-0.15, -0.1) is 11.3 Å². The summed E-state index contributed by atoms with van der Waals surface area (Å²) < 4.78 is 5.65. The number of ether oxygens (including phenoxy) is 1. The van der Waals surface area contributed by atoms with Crippen LogP contribution in [0, 0.1) is 13.8 Å². The zero-order valence-electron chi connectivity index (χ0n) is 13.5. The van der Waals surface area contributed by atoms with E-state index in [1.165, 1.54) is 0 Å². The molecule has 2 heterocycles. The molecule has 23 heavy (non-hydrogen) atoms. The quantitative estimate of drug-likeness (QED) is 0.863. The molecule has 1 saturated heterocycles. The third-order valence-corrected chi connectivity index (χ3v) is 4.97. The number of carbonyl (C=O) groups is 1. The number of anilines is 1. The number of hydrogen-bond acceptors (Lipinski definition) is 5. The molecule has 1 fully saturated rings. The molecule has 0 unspecified atom stereocenters. The number of benzene rings is 1. The molecule has 0 radical (unpaired) electrons. The SMILES string of the molecule is Cc1csc(N2CCN(C(=O)COc3ccccc3C)CC2)n1. The minimum absolute atomic E-state index is 0.0447. The summed E-state index contributed by atoms with van der Waals surface area (Å²) in [4.78, 5) is 20.9. The number of rotatable bonds is 4. The number of hydrogen-bond donors (Lipinski definition) is 0. The Morgan fingerprint density at radius 3 is 2.61 bits per heavy atom.